The second kappa shape index (κ2) is 9.46. The summed E-state index contributed by atoms with van der Waals surface area (Å²) in [6.45, 7) is 1.53. The average Bonchev–Trinajstić information content (AvgIpc) is 2.82. The molecule has 30 heavy (non-hydrogen) atoms. The molecular formula is C26H32N2O2. The van der Waals surface area contributed by atoms with Gasteiger partial charge in [-0.15, -0.1) is 0 Å². The number of hydrogen-bond acceptors (Lipinski definition) is 2. The molecule has 1 aliphatic heterocycles. The van der Waals surface area contributed by atoms with Crippen molar-refractivity contribution >= 4 is 11.8 Å². The zero-order valence-corrected chi connectivity index (χ0v) is 17.9. The van der Waals surface area contributed by atoms with Gasteiger partial charge in [-0.05, 0) is 67.9 Å². The predicted molar refractivity (Wildman–Crippen MR) is 120 cm³/mol. The minimum absolute atomic E-state index is 0.00440. The fourth-order valence-electron chi connectivity index (χ4n) is 5.06. The Kier molecular flexibility index (Phi) is 6.51. The van der Waals surface area contributed by atoms with Crippen molar-refractivity contribution in [3.63, 3.8) is 0 Å². The molecule has 4 nitrogen and oxygen atoms in total. The van der Waals surface area contributed by atoms with E-state index in [-0.39, 0.29) is 11.8 Å². The summed E-state index contributed by atoms with van der Waals surface area (Å²) >= 11 is 0. The number of nitrogens with zero attached hydrogens (tertiary/aromatic N) is 2. The molecule has 1 saturated heterocycles. The van der Waals surface area contributed by atoms with Crippen molar-refractivity contribution in [2.75, 3.05) is 20.1 Å². The Morgan fingerprint density at radius 1 is 0.900 bits per heavy atom. The molecule has 0 bridgehead atoms. The van der Waals surface area contributed by atoms with Gasteiger partial charge in [0.2, 0.25) is 0 Å². The van der Waals surface area contributed by atoms with Crippen LogP contribution in [0.1, 0.15) is 64.8 Å². The van der Waals surface area contributed by atoms with Crippen LogP contribution in [0.25, 0.3) is 0 Å². The first-order chi connectivity index (χ1) is 14.6. The summed E-state index contributed by atoms with van der Waals surface area (Å²) in [5, 5.41) is 0. The molecule has 1 aliphatic carbocycles. The summed E-state index contributed by atoms with van der Waals surface area (Å²) in [6, 6.07) is 17.9. The van der Waals surface area contributed by atoms with E-state index in [4.69, 9.17) is 0 Å². The van der Waals surface area contributed by atoms with Gasteiger partial charge in [-0.3, -0.25) is 9.59 Å². The van der Waals surface area contributed by atoms with E-state index in [1.54, 1.807) is 17.0 Å². The van der Waals surface area contributed by atoms with E-state index >= 15 is 0 Å². The Bertz CT molecular complexity index is 860. The molecule has 0 spiro atoms. The van der Waals surface area contributed by atoms with E-state index in [0.717, 1.165) is 25.8 Å². The number of rotatable bonds is 5. The molecule has 2 aromatic carbocycles. The number of fused-ring (bicyclic) bond motifs is 1. The van der Waals surface area contributed by atoms with Crippen LogP contribution in [0, 0.1) is 5.92 Å². The summed E-state index contributed by atoms with van der Waals surface area (Å²) < 4.78 is 0. The molecule has 1 saturated carbocycles. The highest BCUT2D eigenvalue weighted by Crippen LogP contribution is 2.35. The Labute approximate surface area is 179 Å². The lowest BCUT2D eigenvalue weighted by Crippen LogP contribution is -2.49. The SMILES string of the molecule is CN(CCc1ccccc1)C(=O)c1ccc(C(=O)N2CCC[C@@H]3CCCC[C@@H]32)cc1. The van der Waals surface area contributed by atoms with Gasteiger partial charge in [0.15, 0.2) is 0 Å². The minimum atomic E-state index is -0.00440. The van der Waals surface area contributed by atoms with E-state index in [1.807, 2.05) is 37.4 Å². The maximum absolute atomic E-state index is 13.2. The highest BCUT2D eigenvalue weighted by Gasteiger charge is 2.35. The van der Waals surface area contributed by atoms with Gasteiger partial charge in [0.05, 0.1) is 0 Å². The number of benzene rings is 2. The Morgan fingerprint density at radius 3 is 2.33 bits per heavy atom. The van der Waals surface area contributed by atoms with Crippen molar-refractivity contribution in [2.45, 2.75) is 51.0 Å². The lowest BCUT2D eigenvalue weighted by Gasteiger charge is -2.44. The molecule has 0 aromatic heterocycles. The van der Waals surface area contributed by atoms with Gasteiger partial charge in [0.25, 0.3) is 11.8 Å². The third-order valence-corrected chi connectivity index (χ3v) is 6.81. The Hall–Kier alpha value is -2.62. The normalized spacial score (nSPS) is 21.0. The molecular weight excluding hydrogens is 372 g/mol. The van der Waals surface area contributed by atoms with Crippen molar-refractivity contribution < 1.29 is 9.59 Å². The third kappa shape index (κ3) is 4.58. The average molecular weight is 405 g/mol. The van der Waals surface area contributed by atoms with E-state index in [9.17, 15) is 9.59 Å². The van der Waals surface area contributed by atoms with Crippen LogP contribution in [0.5, 0.6) is 0 Å². The van der Waals surface area contributed by atoms with E-state index < -0.39 is 0 Å². The van der Waals surface area contributed by atoms with Gasteiger partial charge < -0.3 is 9.80 Å². The van der Waals surface area contributed by atoms with Crippen LogP contribution < -0.4 is 0 Å². The molecule has 2 amide bonds. The van der Waals surface area contributed by atoms with E-state index in [1.165, 1.54) is 31.2 Å². The summed E-state index contributed by atoms with van der Waals surface area (Å²) in [5.41, 5.74) is 2.56. The minimum Gasteiger partial charge on any atom is -0.341 e. The third-order valence-electron chi connectivity index (χ3n) is 6.81. The maximum Gasteiger partial charge on any atom is 0.254 e. The second-order valence-corrected chi connectivity index (χ2v) is 8.79. The first kappa shape index (κ1) is 20.6. The lowest BCUT2D eigenvalue weighted by molar-refractivity contribution is 0.0390. The van der Waals surface area contributed by atoms with Gasteiger partial charge in [-0.2, -0.15) is 0 Å². The molecule has 0 N–H and O–H groups in total. The molecule has 4 heteroatoms. The summed E-state index contributed by atoms with van der Waals surface area (Å²) in [6.07, 6.45) is 8.13. The first-order valence-corrected chi connectivity index (χ1v) is 11.3. The zero-order valence-electron chi connectivity index (χ0n) is 17.9. The van der Waals surface area contributed by atoms with Crippen molar-refractivity contribution in [3.05, 3.63) is 71.3 Å². The Balaban J connectivity index is 1.38. The smallest absolute Gasteiger partial charge is 0.254 e. The number of piperidine rings is 1. The monoisotopic (exact) mass is 404 g/mol. The first-order valence-electron chi connectivity index (χ1n) is 11.3. The second-order valence-electron chi connectivity index (χ2n) is 8.79. The van der Waals surface area contributed by atoms with Crippen LogP contribution in [-0.4, -0.2) is 47.8 Å². The van der Waals surface area contributed by atoms with Gasteiger partial charge in [0, 0.05) is 37.3 Å². The van der Waals surface area contributed by atoms with Gasteiger partial charge in [-0.1, -0.05) is 43.2 Å². The van der Waals surface area contributed by atoms with Crippen molar-refractivity contribution in [2.24, 2.45) is 5.92 Å². The predicted octanol–water partition coefficient (Wildman–Crippen LogP) is 4.80. The van der Waals surface area contributed by atoms with Crippen molar-refractivity contribution in [1.29, 1.82) is 0 Å². The molecule has 2 aromatic rings. The molecule has 2 atom stereocenters. The zero-order chi connectivity index (χ0) is 20.9. The highest BCUT2D eigenvalue weighted by atomic mass is 16.2. The van der Waals surface area contributed by atoms with E-state index in [0.29, 0.717) is 29.6 Å². The van der Waals surface area contributed by atoms with Crippen LogP contribution in [0.4, 0.5) is 0 Å². The van der Waals surface area contributed by atoms with Crippen molar-refractivity contribution in [3.8, 4) is 0 Å². The highest BCUT2D eigenvalue weighted by molar-refractivity contribution is 5.98. The molecule has 2 aliphatic rings. The lowest BCUT2D eigenvalue weighted by atomic mass is 9.78. The molecule has 2 fully saturated rings. The quantitative estimate of drug-likeness (QED) is 0.718. The molecule has 0 radical (unpaired) electrons. The maximum atomic E-state index is 13.2. The fraction of sp³-hybridized carbons (Fsp3) is 0.462. The molecule has 158 valence electrons. The summed E-state index contributed by atoms with van der Waals surface area (Å²) in [7, 11) is 1.83. The van der Waals surface area contributed by atoms with E-state index in [2.05, 4.69) is 17.0 Å². The molecule has 4 rings (SSSR count). The van der Waals surface area contributed by atoms with Crippen molar-refractivity contribution in [1.82, 2.24) is 9.80 Å². The summed E-state index contributed by atoms with van der Waals surface area (Å²) in [4.78, 5) is 29.8. The largest absolute Gasteiger partial charge is 0.341 e. The van der Waals surface area contributed by atoms with Crippen LogP contribution in [-0.2, 0) is 6.42 Å². The van der Waals surface area contributed by atoms with Gasteiger partial charge >= 0.3 is 0 Å². The van der Waals surface area contributed by atoms with Crippen LogP contribution in [0.2, 0.25) is 0 Å². The van der Waals surface area contributed by atoms with Crippen LogP contribution >= 0.6 is 0 Å². The molecule has 1 heterocycles. The number of amides is 2. The number of hydrogen-bond donors (Lipinski definition) is 0. The summed E-state index contributed by atoms with van der Waals surface area (Å²) in [5.74, 6) is 0.800. The number of carbonyl (C=O) groups excluding carboxylic acids is 2. The van der Waals surface area contributed by atoms with Gasteiger partial charge in [-0.25, -0.2) is 0 Å². The number of likely N-dealkylation sites (tertiary alicyclic amines) is 1. The fourth-order valence-corrected chi connectivity index (χ4v) is 5.06. The Morgan fingerprint density at radius 2 is 1.57 bits per heavy atom. The standard InChI is InChI=1S/C26H32N2O2/c1-27(19-17-20-8-3-2-4-9-20)25(29)22-13-15-23(16-14-22)26(30)28-18-7-11-21-10-5-6-12-24(21)28/h2-4,8-9,13-16,21,24H,5-7,10-12,17-19H2,1H3/t21-,24-/m0/s1. The van der Waals surface area contributed by atoms with Crippen LogP contribution in [0.15, 0.2) is 54.6 Å². The number of carbonyl (C=O) groups is 2. The number of likely N-dealkylation sites (N-methyl/N-ethyl adjacent to an activating group) is 1. The van der Waals surface area contributed by atoms with Crippen LogP contribution in [0.3, 0.4) is 0 Å². The van der Waals surface area contributed by atoms with Gasteiger partial charge in [0.1, 0.15) is 0 Å². The topological polar surface area (TPSA) is 40.6 Å². The molecule has 0 unspecified atom stereocenters.